The molecule has 0 aliphatic rings. The highest BCUT2D eigenvalue weighted by Crippen LogP contribution is 1.93. The molecule has 2 aromatic heterocycles. The van der Waals surface area contributed by atoms with Crippen LogP contribution in [0.1, 0.15) is 11.1 Å². The molecule has 0 atom stereocenters. The fourth-order valence-electron chi connectivity index (χ4n) is 1.82. The van der Waals surface area contributed by atoms with Crippen molar-refractivity contribution in [2.75, 3.05) is 0 Å². The lowest BCUT2D eigenvalue weighted by Crippen LogP contribution is -2.45. The molecule has 0 saturated heterocycles. The first kappa shape index (κ1) is 20.2. The van der Waals surface area contributed by atoms with E-state index in [0.29, 0.717) is 24.2 Å². The number of hydrogen-bond acceptors (Lipinski definition) is 4. The third-order valence-electron chi connectivity index (χ3n) is 2.86. The van der Waals surface area contributed by atoms with Gasteiger partial charge in [0, 0.05) is 23.3 Å². The predicted octanol–water partition coefficient (Wildman–Crippen LogP) is -0.511. The van der Waals surface area contributed by atoms with Gasteiger partial charge in [-0.25, -0.2) is 0 Å². The smallest absolute Gasteiger partial charge is 0.206 e. The molecule has 118 valence electrons. The molecule has 0 aliphatic heterocycles. The molecule has 2 heterocycles. The monoisotopic (exact) mass is 430 g/mol. The van der Waals surface area contributed by atoms with Crippen LogP contribution in [0.2, 0.25) is 0 Å². The van der Waals surface area contributed by atoms with Crippen molar-refractivity contribution in [3.8, 4) is 0 Å². The number of aryl methyl sites for hydroxylation is 2. The van der Waals surface area contributed by atoms with Crippen LogP contribution in [0.4, 0.5) is 0 Å². The fourth-order valence-corrected chi connectivity index (χ4v) is 1.82. The van der Waals surface area contributed by atoms with Crippen LogP contribution in [0, 0.1) is 10.8 Å². The van der Waals surface area contributed by atoms with E-state index in [-0.39, 0.29) is 34.0 Å². The van der Waals surface area contributed by atoms with Crippen molar-refractivity contribution in [3.63, 3.8) is 0 Å². The van der Waals surface area contributed by atoms with Crippen molar-refractivity contribution < 1.29 is 19.3 Å². The van der Waals surface area contributed by atoms with Gasteiger partial charge < -0.3 is 21.0 Å². The number of nitrogens with one attached hydrogen (secondary N) is 2. The second-order valence-corrected chi connectivity index (χ2v) is 4.32. The summed E-state index contributed by atoms with van der Waals surface area (Å²) < 4.78 is 3.62. The summed E-state index contributed by atoms with van der Waals surface area (Å²) in [5, 5.41) is 36.1. The van der Waals surface area contributed by atoms with E-state index in [0.717, 1.165) is 0 Å². The predicted molar refractivity (Wildman–Crippen MR) is 87.6 cm³/mol. The van der Waals surface area contributed by atoms with Gasteiger partial charge >= 0.3 is 0 Å². The maximum absolute atomic E-state index is 11.0. The summed E-state index contributed by atoms with van der Waals surface area (Å²) in [4.78, 5) is 0. The van der Waals surface area contributed by atoms with Crippen LogP contribution in [-0.4, -0.2) is 11.8 Å². The van der Waals surface area contributed by atoms with E-state index in [1.807, 2.05) is 21.5 Å². The summed E-state index contributed by atoms with van der Waals surface area (Å²) in [5.74, 6) is -1.43. The van der Waals surface area contributed by atoms with Gasteiger partial charge in [-0.3, -0.25) is 0 Å². The van der Waals surface area contributed by atoms with Gasteiger partial charge in [-0.1, -0.05) is 0 Å². The molecule has 0 spiro atoms. The summed E-state index contributed by atoms with van der Waals surface area (Å²) in [7, 11) is 0. The lowest BCUT2D eigenvalue weighted by molar-refractivity contribution is -0.778. The van der Waals surface area contributed by atoms with E-state index in [1.165, 1.54) is 0 Å². The third-order valence-corrected chi connectivity index (χ3v) is 2.86. The zero-order chi connectivity index (χ0) is 14.5. The summed E-state index contributed by atoms with van der Waals surface area (Å²) in [6.07, 6.45) is 6.86. The summed E-state index contributed by atoms with van der Waals surface area (Å²) in [6.45, 7) is 1.20. The first-order chi connectivity index (χ1) is 9.56. The van der Waals surface area contributed by atoms with Gasteiger partial charge in [0.25, 0.3) is 0 Å². The minimum absolute atomic E-state index is 0. The van der Waals surface area contributed by atoms with Crippen LogP contribution >= 0.6 is 34.0 Å². The third kappa shape index (κ3) is 5.53. The highest BCUT2D eigenvalue weighted by molar-refractivity contribution is 8.93. The molecule has 0 saturated carbocycles. The Balaban J connectivity index is 0.00000220. The van der Waals surface area contributed by atoms with Gasteiger partial charge in [0.2, 0.25) is 13.1 Å². The fraction of sp³-hybridized carbons (Fsp3) is 0.143. The molecule has 0 aromatic carbocycles. The molecule has 0 fully saturated rings. The van der Waals surface area contributed by atoms with Crippen molar-refractivity contribution in [3.05, 3.63) is 60.2 Å². The molecule has 8 heteroatoms. The minimum Gasteiger partial charge on any atom is -0.859 e. The number of pyridine rings is 2. The summed E-state index contributed by atoms with van der Waals surface area (Å²) in [5.41, 5.74) is 0.681. The highest BCUT2D eigenvalue weighted by Gasteiger charge is 2.08. The van der Waals surface area contributed by atoms with Crippen LogP contribution in [0.25, 0.3) is 0 Å². The molecule has 2 N–H and O–H groups in total. The second-order valence-electron chi connectivity index (χ2n) is 4.32. The average molecular weight is 432 g/mol. The number of hydrogen-bond donors (Lipinski definition) is 2. The van der Waals surface area contributed by atoms with E-state index < -0.39 is 11.8 Å². The minimum atomic E-state index is -0.714. The Morgan fingerprint density at radius 3 is 1.50 bits per heavy atom. The number of rotatable bonds is 5. The Morgan fingerprint density at radius 1 is 0.818 bits per heavy atom. The number of aromatic nitrogens is 2. The molecule has 0 amide bonds. The molecule has 0 aliphatic carbocycles. The lowest BCUT2D eigenvalue weighted by Gasteiger charge is -2.06. The molecule has 6 nitrogen and oxygen atoms in total. The number of halogens is 2. The van der Waals surface area contributed by atoms with Crippen molar-refractivity contribution in [1.29, 1.82) is 10.8 Å². The zero-order valence-electron chi connectivity index (χ0n) is 11.6. The lowest BCUT2D eigenvalue weighted by atomic mass is 10.3. The van der Waals surface area contributed by atoms with Crippen LogP contribution in [0.5, 0.6) is 0 Å². The molecule has 22 heavy (non-hydrogen) atoms. The number of nitrogens with zero attached hydrogens (tertiary/aromatic N) is 2. The van der Waals surface area contributed by atoms with Crippen molar-refractivity contribution in [1.82, 2.24) is 0 Å². The van der Waals surface area contributed by atoms with E-state index in [1.54, 1.807) is 36.7 Å². The van der Waals surface area contributed by atoms with Crippen molar-refractivity contribution in [2.45, 2.75) is 13.1 Å². The zero-order valence-corrected chi connectivity index (χ0v) is 15.0. The Bertz CT molecular complexity index is 607. The standard InChI is InChI=1S/C14H14N4O2.2BrH/c15-13(19)11-3-1-5-17(9-11)7-8-18-6-2-4-12(10-18)14(16)20;;/h1-6,9-10H,7-8H2,(H2-2,15,16,19,20);2*1H. The molecule has 0 unspecified atom stereocenters. The first-order valence-corrected chi connectivity index (χ1v) is 6.06. The normalized spacial score (nSPS) is 9.27. The Kier molecular flexibility index (Phi) is 8.51. The molecule has 2 aromatic rings. The SMILES string of the molecule is Br.Br.N=C([O-])c1ccc[n+](CC[n+]2cccc(C(=N)[O-])c2)c1. The molecule has 0 radical (unpaired) electrons. The average Bonchev–Trinajstić information content (AvgIpc) is 2.45. The van der Waals surface area contributed by atoms with Crippen molar-refractivity contribution in [2.24, 2.45) is 0 Å². The van der Waals surface area contributed by atoms with Gasteiger partial charge in [0.05, 0.1) is 0 Å². The van der Waals surface area contributed by atoms with Crippen LogP contribution < -0.4 is 19.3 Å². The summed E-state index contributed by atoms with van der Waals surface area (Å²) >= 11 is 0. The van der Waals surface area contributed by atoms with Crippen LogP contribution in [0.3, 0.4) is 0 Å². The van der Waals surface area contributed by atoms with E-state index in [9.17, 15) is 10.2 Å². The van der Waals surface area contributed by atoms with Crippen molar-refractivity contribution >= 4 is 45.8 Å². The molecular weight excluding hydrogens is 416 g/mol. The maximum atomic E-state index is 11.0. The van der Waals surface area contributed by atoms with E-state index in [4.69, 9.17) is 10.8 Å². The highest BCUT2D eigenvalue weighted by atomic mass is 79.9. The Morgan fingerprint density at radius 2 is 1.18 bits per heavy atom. The van der Waals surface area contributed by atoms with E-state index in [2.05, 4.69) is 0 Å². The van der Waals surface area contributed by atoms with Gasteiger partial charge in [-0.15, -0.1) is 34.0 Å². The molecule has 0 bridgehead atoms. The van der Waals surface area contributed by atoms with Crippen LogP contribution in [0.15, 0.2) is 49.1 Å². The second kappa shape index (κ2) is 9.26. The largest absolute Gasteiger partial charge is 0.859 e. The Hall–Kier alpha value is -1.80. The molecular formula is C14H16Br2N4O2. The van der Waals surface area contributed by atoms with E-state index >= 15 is 0 Å². The van der Waals surface area contributed by atoms with Gasteiger partial charge in [0.1, 0.15) is 0 Å². The van der Waals surface area contributed by atoms with Gasteiger partial charge in [0.15, 0.2) is 24.8 Å². The topological polar surface area (TPSA) is 102 Å². The summed E-state index contributed by atoms with van der Waals surface area (Å²) in [6, 6.07) is 6.63. The van der Waals surface area contributed by atoms with Crippen LogP contribution in [-0.2, 0) is 13.1 Å². The first-order valence-electron chi connectivity index (χ1n) is 6.06. The van der Waals surface area contributed by atoms with Gasteiger partial charge in [-0.05, 0) is 23.9 Å². The quantitative estimate of drug-likeness (QED) is 0.378. The maximum Gasteiger partial charge on any atom is 0.206 e. The Labute approximate surface area is 149 Å². The van der Waals surface area contributed by atoms with Gasteiger partial charge in [-0.2, -0.15) is 9.13 Å². The molecule has 2 rings (SSSR count).